The SMILES string of the molecule is CCCC(CCC)N1Cc2ccccc2C1. The fourth-order valence-electron chi connectivity index (χ4n) is 2.79. The molecule has 88 valence electrons. The fourth-order valence-corrected chi connectivity index (χ4v) is 2.79. The van der Waals surface area contributed by atoms with Crippen molar-refractivity contribution in [2.75, 3.05) is 0 Å². The summed E-state index contributed by atoms with van der Waals surface area (Å²) in [6.45, 7) is 6.93. The highest BCUT2D eigenvalue weighted by Crippen LogP contribution is 2.27. The summed E-state index contributed by atoms with van der Waals surface area (Å²) in [4.78, 5) is 2.66. The van der Waals surface area contributed by atoms with Crippen molar-refractivity contribution in [2.24, 2.45) is 0 Å². The lowest BCUT2D eigenvalue weighted by Gasteiger charge is -2.26. The number of rotatable bonds is 5. The van der Waals surface area contributed by atoms with Crippen molar-refractivity contribution in [3.05, 3.63) is 35.4 Å². The number of hydrogen-bond donors (Lipinski definition) is 0. The highest BCUT2D eigenvalue weighted by molar-refractivity contribution is 5.30. The maximum absolute atomic E-state index is 2.66. The van der Waals surface area contributed by atoms with Crippen molar-refractivity contribution in [1.29, 1.82) is 0 Å². The molecule has 16 heavy (non-hydrogen) atoms. The van der Waals surface area contributed by atoms with Crippen molar-refractivity contribution in [3.63, 3.8) is 0 Å². The average molecular weight is 217 g/mol. The van der Waals surface area contributed by atoms with E-state index in [0.29, 0.717) is 0 Å². The zero-order chi connectivity index (χ0) is 11.4. The van der Waals surface area contributed by atoms with Gasteiger partial charge < -0.3 is 0 Å². The van der Waals surface area contributed by atoms with Gasteiger partial charge in [-0.05, 0) is 24.0 Å². The third-order valence-electron chi connectivity index (χ3n) is 3.63. The molecule has 0 saturated heterocycles. The van der Waals surface area contributed by atoms with Gasteiger partial charge in [0.1, 0.15) is 0 Å². The predicted molar refractivity (Wildman–Crippen MR) is 69.3 cm³/mol. The molecule has 0 aromatic heterocycles. The Kier molecular flexibility index (Phi) is 4.00. The summed E-state index contributed by atoms with van der Waals surface area (Å²) in [7, 11) is 0. The van der Waals surface area contributed by atoms with Gasteiger partial charge in [-0.3, -0.25) is 4.90 Å². The fraction of sp³-hybridized carbons (Fsp3) is 0.600. The van der Waals surface area contributed by atoms with E-state index in [9.17, 15) is 0 Å². The molecule has 0 fully saturated rings. The van der Waals surface area contributed by atoms with Crippen LogP contribution in [0.4, 0.5) is 0 Å². The van der Waals surface area contributed by atoms with Gasteiger partial charge in [0.2, 0.25) is 0 Å². The molecule has 0 radical (unpaired) electrons. The second-order valence-electron chi connectivity index (χ2n) is 4.90. The van der Waals surface area contributed by atoms with Crippen LogP contribution >= 0.6 is 0 Å². The van der Waals surface area contributed by atoms with E-state index in [1.165, 1.54) is 38.8 Å². The molecule has 0 aliphatic carbocycles. The largest absolute Gasteiger partial charge is 0.292 e. The summed E-state index contributed by atoms with van der Waals surface area (Å²) < 4.78 is 0. The summed E-state index contributed by atoms with van der Waals surface area (Å²) in [6.07, 6.45) is 5.30. The van der Waals surface area contributed by atoms with Gasteiger partial charge in [0.25, 0.3) is 0 Å². The second-order valence-corrected chi connectivity index (χ2v) is 4.90. The van der Waals surface area contributed by atoms with Crippen LogP contribution in [0.15, 0.2) is 24.3 Å². The highest BCUT2D eigenvalue weighted by Gasteiger charge is 2.24. The summed E-state index contributed by atoms with van der Waals surface area (Å²) >= 11 is 0. The van der Waals surface area contributed by atoms with E-state index in [2.05, 4.69) is 43.0 Å². The zero-order valence-corrected chi connectivity index (χ0v) is 10.6. The van der Waals surface area contributed by atoms with Crippen LogP contribution in [0.1, 0.15) is 50.7 Å². The van der Waals surface area contributed by atoms with Gasteiger partial charge in [0.15, 0.2) is 0 Å². The van der Waals surface area contributed by atoms with Crippen molar-refractivity contribution in [2.45, 2.75) is 58.7 Å². The van der Waals surface area contributed by atoms with Gasteiger partial charge in [-0.2, -0.15) is 0 Å². The maximum atomic E-state index is 2.66. The zero-order valence-electron chi connectivity index (χ0n) is 10.6. The van der Waals surface area contributed by atoms with Gasteiger partial charge in [0.05, 0.1) is 0 Å². The first-order valence-electron chi connectivity index (χ1n) is 6.66. The second kappa shape index (κ2) is 5.49. The molecule has 0 bridgehead atoms. The average Bonchev–Trinajstić information content (AvgIpc) is 2.72. The molecule has 1 heteroatoms. The molecule has 0 atom stereocenters. The van der Waals surface area contributed by atoms with Gasteiger partial charge in [-0.25, -0.2) is 0 Å². The molecule has 1 aromatic rings. The lowest BCUT2D eigenvalue weighted by molar-refractivity contribution is 0.176. The minimum absolute atomic E-state index is 0.794. The van der Waals surface area contributed by atoms with Crippen LogP contribution in [-0.4, -0.2) is 10.9 Å². The quantitative estimate of drug-likeness (QED) is 0.721. The number of fused-ring (bicyclic) bond motifs is 1. The van der Waals surface area contributed by atoms with E-state index in [4.69, 9.17) is 0 Å². The molecule has 0 amide bonds. The number of nitrogens with zero attached hydrogens (tertiary/aromatic N) is 1. The van der Waals surface area contributed by atoms with E-state index in [1.807, 2.05) is 0 Å². The Hall–Kier alpha value is -0.820. The number of hydrogen-bond acceptors (Lipinski definition) is 1. The topological polar surface area (TPSA) is 3.24 Å². The lowest BCUT2D eigenvalue weighted by Crippen LogP contribution is -2.30. The summed E-state index contributed by atoms with van der Waals surface area (Å²) in [5.74, 6) is 0. The Morgan fingerprint density at radius 1 is 1.00 bits per heavy atom. The monoisotopic (exact) mass is 217 g/mol. The molecule has 1 aromatic carbocycles. The first kappa shape index (κ1) is 11.7. The molecule has 2 rings (SSSR count). The Balaban J connectivity index is 2.02. The Bertz CT molecular complexity index is 301. The minimum atomic E-state index is 0.794. The normalized spacial score (nSPS) is 15.7. The van der Waals surface area contributed by atoms with E-state index >= 15 is 0 Å². The maximum Gasteiger partial charge on any atom is 0.0243 e. The third-order valence-corrected chi connectivity index (χ3v) is 3.63. The molecular weight excluding hydrogens is 194 g/mol. The molecule has 1 heterocycles. The molecule has 0 N–H and O–H groups in total. The van der Waals surface area contributed by atoms with Crippen LogP contribution in [0.3, 0.4) is 0 Å². The van der Waals surface area contributed by atoms with E-state index in [-0.39, 0.29) is 0 Å². The minimum Gasteiger partial charge on any atom is -0.292 e. The molecule has 0 saturated carbocycles. The Morgan fingerprint density at radius 3 is 1.94 bits per heavy atom. The molecule has 1 aliphatic heterocycles. The van der Waals surface area contributed by atoms with Gasteiger partial charge >= 0.3 is 0 Å². The van der Waals surface area contributed by atoms with Crippen LogP contribution < -0.4 is 0 Å². The van der Waals surface area contributed by atoms with Crippen LogP contribution in [0, 0.1) is 0 Å². The van der Waals surface area contributed by atoms with Crippen LogP contribution in [0.5, 0.6) is 0 Å². The van der Waals surface area contributed by atoms with Gasteiger partial charge in [-0.1, -0.05) is 51.0 Å². The van der Waals surface area contributed by atoms with Crippen molar-refractivity contribution in [3.8, 4) is 0 Å². The molecule has 1 nitrogen and oxygen atoms in total. The summed E-state index contributed by atoms with van der Waals surface area (Å²) in [6, 6.07) is 9.69. The van der Waals surface area contributed by atoms with E-state index in [0.717, 1.165) is 6.04 Å². The lowest BCUT2D eigenvalue weighted by atomic mass is 10.1. The Labute approximate surface area is 99.5 Å². The molecular formula is C15H23N. The highest BCUT2D eigenvalue weighted by atomic mass is 15.2. The number of benzene rings is 1. The summed E-state index contributed by atoms with van der Waals surface area (Å²) in [5, 5.41) is 0. The standard InChI is InChI=1S/C15H23N/c1-3-7-15(8-4-2)16-11-13-9-5-6-10-14(13)12-16/h5-6,9-10,15H,3-4,7-8,11-12H2,1-2H3. The van der Waals surface area contributed by atoms with Crippen molar-refractivity contribution in [1.82, 2.24) is 4.90 Å². The molecule has 1 aliphatic rings. The first-order valence-corrected chi connectivity index (χ1v) is 6.66. The van der Waals surface area contributed by atoms with E-state index < -0.39 is 0 Å². The Morgan fingerprint density at radius 2 is 1.50 bits per heavy atom. The van der Waals surface area contributed by atoms with E-state index in [1.54, 1.807) is 11.1 Å². The third kappa shape index (κ3) is 2.46. The van der Waals surface area contributed by atoms with Crippen LogP contribution in [0.2, 0.25) is 0 Å². The van der Waals surface area contributed by atoms with Crippen LogP contribution in [0.25, 0.3) is 0 Å². The summed E-state index contributed by atoms with van der Waals surface area (Å²) in [5.41, 5.74) is 3.08. The van der Waals surface area contributed by atoms with Crippen molar-refractivity contribution >= 4 is 0 Å². The van der Waals surface area contributed by atoms with Crippen molar-refractivity contribution < 1.29 is 0 Å². The predicted octanol–water partition coefficient (Wildman–Crippen LogP) is 3.97. The smallest absolute Gasteiger partial charge is 0.0243 e. The van der Waals surface area contributed by atoms with Gasteiger partial charge in [0, 0.05) is 19.1 Å². The molecule has 0 unspecified atom stereocenters. The first-order chi connectivity index (χ1) is 7.85. The van der Waals surface area contributed by atoms with Gasteiger partial charge in [-0.15, -0.1) is 0 Å². The van der Waals surface area contributed by atoms with Crippen LogP contribution in [-0.2, 0) is 13.1 Å². The molecule has 0 spiro atoms.